The van der Waals surface area contributed by atoms with Crippen molar-refractivity contribution in [3.8, 4) is 5.75 Å². The number of hydrogen-bond donors (Lipinski definition) is 1. The van der Waals surface area contributed by atoms with Crippen LogP contribution < -0.4 is 0 Å². The fraction of sp³-hybridized carbons (Fsp3) is 0.296. The minimum Gasteiger partial charge on any atom is -0.505 e. The van der Waals surface area contributed by atoms with Crippen molar-refractivity contribution < 1.29 is 27.4 Å². The molecule has 0 bridgehead atoms. The smallest absolute Gasteiger partial charge is 0.306 e. The zero-order chi connectivity index (χ0) is 27.4. The monoisotopic (exact) mass is 567 g/mol. The molecule has 0 aliphatic heterocycles. The van der Waals surface area contributed by atoms with Gasteiger partial charge in [0.15, 0.2) is 5.75 Å². The summed E-state index contributed by atoms with van der Waals surface area (Å²) in [5, 5.41) is 10.3. The van der Waals surface area contributed by atoms with Gasteiger partial charge >= 0.3 is 5.97 Å². The highest BCUT2D eigenvalue weighted by Crippen LogP contribution is 2.36. The zero-order valence-corrected chi connectivity index (χ0v) is 23.0. The number of rotatable bonds is 9. The summed E-state index contributed by atoms with van der Waals surface area (Å²) in [5.74, 6) is -1.39. The van der Waals surface area contributed by atoms with Crippen LogP contribution in [-0.2, 0) is 39.1 Å². The number of ether oxygens (including phenoxy) is 1. The summed E-state index contributed by atoms with van der Waals surface area (Å²) in [7, 11) is -4.30. The SMILES string of the molecule is CC(C)(C)OC(=O)CCc1cccc(CN(Cc2ccc(F)cc2)S(=O)(=O)c2cc(Cl)cc(Cl)c2O)c1. The normalized spacial score (nSPS) is 12.1. The van der Waals surface area contributed by atoms with Crippen LogP contribution in [-0.4, -0.2) is 29.4 Å². The number of halogens is 3. The molecule has 0 aliphatic rings. The first-order valence-electron chi connectivity index (χ1n) is 11.5. The number of aromatic hydroxyl groups is 1. The van der Waals surface area contributed by atoms with Crippen molar-refractivity contribution in [2.24, 2.45) is 0 Å². The van der Waals surface area contributed by atoms with Gasteiger partial charge < -0.3 is 9.84 Å². The molecule has 3 aromatic rings. The minimum atomic E-state index is -4.30. The highest BCUT2D eigenvalue weighted by Gasteiger charge is 2.29. The van der Waals surface area contributed by atoms with E-state index in [0.29, 0.717) is 17.5 Å². The molecular formula is C27H28Cl2FNO5S. The van der Waals surface area contributed by atoms with Crippen molar-refractivity contribution in [2.75, 3.05) is 0 Å². The van der Waals surface area contributed by atoms with Gasteiger partial charge in [0, 0.05) is 24.5 Å². The van der Waals surface area contributed by atoms with Crippen molar-refractivity contribution in [1.82, 2.24) is 4.31 Å². The molecule has 0 radical (unpaired) electrons. The van der Waals surface area contributed by atoms with Crippen LogP contribution in [0.2, 0.25) is 10.0 Å². The van der Waals surface area contributed by atoms with E-state index in [1.165, 1.54) is 30.3 Å². The molecule has 198 valence electrons. The van der Waals surface area contributed by atoms with Crippen LogP contribution in [0, 0.1) is 5.82 Å². The topological polar surface area (TPSA) is 83.9 Å². The maximum atomic E-state index is 13.7. The molecule has 0 saturated carbocycles. The molecule has 1 N–H and O–H groups in total. The number of esters is 1. The second kappa shape index (κ2) is 11.8. The maximum absolute atomic E-state index is 13.7. The van der Waals surface area contributed by atoms with Crippen LogP contribution in [0.1, 0.15) is 43.9 Å². The second-order valence-corrected chi connectivity index (χ2v) is 12.3. The van der Waals surface area contributed by atoms with E-state index < -0.39 is 32.1 Å². The first-order chi connectivity index (χ1) is 17.2. The van der Waals surface area contributed by atoms with Crippen molar-refractivity contribution >= 4 is 39.2 Å². The van der Waals surface area contributed by atoms with Crippen molar-refractivity contribution in [1.29, 1.82) is 0 Å². The zero-order valence-electron chi connectivity index (χ0n) is 20.7. The summed E-state index contributed by atoms with van der Waals surface area (Å²) in [6.07, 6.45) is 0.589. The highest BCUT2D eigenvalue weighted by atomic mass is 35.5. The van der Waals surface area contributed by atoms with Gasteiger partial charge in [-0.15, -0.1) is 0 Å². The van der Waals surface area contributed by atoms with Crippen LogP contribution in [0.15, 0.2) is 65.6 Å². The van der Waals surface area contributed by atoms with E-state index in [1.54, 1.807) is 32.9 Å². The van der Waals surface area contributed by atoms with Gasteiger partial charge in [0.1, 0.15) is 16.3 Å². The van der Waals surface area contributed by atoms with Gasteiger partial charge in [-0.2, -0.15) is 4.31 Å². The number of carbonyl (C=O) groups excluding carboxylic acids is 1. The van der Waals surface area contributed by atoms with Gasteiger partial charge in [-0.1, -0.05) is 59.6 Å². The molecule has 0 aromatic heterocycles. The lowest BCUT2D eigenvalue weighted by atomic mass is 10.1. The average molecular weight is 568 g/mol. The van der Waals surface area contributed by atoms with E-state index in [2.05, 4.69) is 0 Å². The number of aryl methyl sites for hydroxylation is 1. The van der Waals surface area contributed by atoms with Gasteiger partial charge in [-0.3, -0.25) is 4.79 Å². The highest BCUT2D eigenvalue weighted by molar-refractivity contribution is 7.89. The Balaban J connectivity index is 1.91. The molecule has 3 rings (SSSR count). The lowest BCUT2D eigenvalue weighted by Crippen LogP contribution is -2.30. The predicted octanol–water partition coefficient (Wildman–Crippen LogP) is 6.50. The van der Waals surface area contributed by atoms with Crippen molar-refractivity contribution in [2.45, 2.75) is 57.2 Å². The van der Waals surface area contributed by atoms with E-state index in [1.807, 2.05) is 12.1 Å². The fourth-order valence-electron chi connectivity index (χ4n) is 3.62. The largest absolute Gasteiger partial charge is 0.505 e. The Bertz CT molecular complexity index is 1370. The lowest BCUT2D eigenvalue weighted by Gasteiger charge is -2.24. The van der Waals surface area contributed by atoms with Crippen LogP contribution >= 0.6 is 23.2 Å². The summed E-state index contributed by atoms with van der Waals surface area (Å²) in [5.41, 5.74) is 1.44. The Morgan fingerprint density at radius 3 is 2.24 bits per heavy atom. The standard InChI is InChI=1S/C27H28Cl2FNO5S/c1-27(2,3)36-25(32)12-9-18-5-4-6-20(13-18)17-31(16-19-7-10-22(30)11-8-19)37(34,35)24-15-21(28)14-23(29)26(24)33/h4-8,10-11,13-15,33H,9,12,16-17H2,1-3H3. The second-order valence-electron chi connectivity index (χ2n) is 9.54. The van der Waals surface area contributed by atoms with Crippen LogP contribution in [0.4, 0.5) is 4.39 Å². The molecule has 0 spiro atoms. The molecule has 0 amide bonds. The van der Waals surface area contributed by atoms with E-state index in [4.69, 9.17) is 27.9 Å². The molecule has 0 fully saturated rings. The van der Waals surface area contributed by atoms with Crippen LogP contribution in [0.5, 0.6) is 5.75 Å². The molecule has 0 saturated heterocycles. The van der Waals surface area contributed by atoms with Gasteiger partial charge in [0.25, 0.3) is 0 Å². The number of phenolic OH excluding ortho intramolecular Hbond substituents is 1. The third-order valence-corrected chi connectivity index (χ3v) is 7.58. The van der Waals surface area contributed by atoms with E-state index in [0.717, 1.165) is 15.9 Å². The first-order valence-corrected chi connectivity index (χ1v) is 13.7. The summed E-state index contributed by atoms with van der Waals surface area (Å²) in [6, 6.07) is 15.0. The Labute approximate surface area is 226 Å². The summed E-state index contributed by atoms with van der Waals surface area (Å²) >= 11 is 12.0. The molecule has 3 aromatic carbocycles. The van der Waals surface area contributed by atoms with E-state index in [9.17, 15) is 22.7 Å². The number of sulfonamides is 1. The first kappa shape index (κ1) is 28.9. The number of nitrogens with zero attached hydrogens (tertiary/aromatic N) is 1. The number of carbonyl (C=O) groups is 1. The Kier molecular flexibility index (Phi) is 9.23. The molecular weight excluding hydrogens is 540 g/mol. The minimum absolute atomic E-state index is 0.0484. The third-order valence-electron chi connectivity index (χ3n) is 5.27. The number of hydrogen-bond acceptors (Lipinski definition) is 5. The average Bonchev–Trinajstić information content (AvgIpc) is 2.80. The number of benzene rings is 3. The van der Waals surface area contributed by atoms with Gasteiger partial charge in [-0.05, 0) is 68.1 Å². The van der Waals surface area contributed by atoms with Gasteiger partial charge in [-0.25, -0.2) is 12.8 Å². The van der Waals surface area contributed by atoms with Crippen LogP contribution in [0.25, 0.3) is 0 Å². The maximum Gasteiger partial charge on any atom is 0.306 e. The van der Waals surface area contributed by atoms with Gasteiger partial charge in [0.2, 0.25) is 10.0 Å². The molecule has 0 unspecified atom stereocenters. The predicted molar refractivity (Wildman–Crippen MR) is 142 cm³/mol. The summed E-state index contributed by atoms with van der Waals surface area (Å²) < 4.78 is 47.3. The lowest BCUT2D eigenvalue weighted by molar-refractivity contribution is -0.154. The summed E-state index contributed by atoms with van der Waals surface area (Å²) in [6.45, 7) is 5.23. The molecule has 6 nitrogen and oxygen atoms in total. The Hall–Kier alpha value is -2.65. The Morgan fingerprint density at radius 1 is 0.973 bits per heavy atom. The molecule has 0 aliphatic carbocycles. The quantitative estimate of drug-likeness (QED) is 0.298. The number of phenols is 1. The summed E-state index contributed by atoms with van der Waals surface area (Å²) in [4.78, 5) is 11.7. The van der Waals surface area contributed by atoms with E-state index in [-0.39, 0.29) is 35.5 Å². The molecule has 10 heteroatoms. The molecule has 0 heterocycles. The van der Waals surface area contributed by atoms with Crippen molar-refractivity contribution in [3.05, 3.63) is 93.2 Å². The third kappa shape index (κ3) is 8.17. The Morgan fingerprint density at radius 2 is 1.59 bits per heavy atom. The van der Waals surface area contributed by atoms with Crippen molar-refractivity contribution in [3.63, 3.8) is 0 Å². The van der Waals surface area contributed by atoms with Crippen LogP contribution in [0.3, 0.4) is 0 Å². The molecule has 0 atom stereocenters. The van der Waals surface area contributed by atoms with Gasteiger partial charge in [0.05, 0.1) is 5.02 Å². The fourth-order valence-corrected chi connectivity index (χ4v) is 5.78. The van der Waals surface area contributed by atoms with E-state index >= 15 is 0 Å². The molecule has 37 heavy (non-hydrogen) atoms.